The molecule has 0 aliphatic carbocycles. The predicted molar refractivity (Wildman–Crippen MR) is 105 cm³/mol. The van der Waals surface area contributed by atoms with Gasteiger partial charge in [-0.1, -0.05) is 18.2 Å². The summed E-state index contributed by atoms with van der Waals surface area (Å²) < 4.78 is 32.5. The third-order valence-corrected chi connectivity index (χ3v) is 4.17. The number of rotatable bonds is 5. The summed E-state index contributed by atoms with van der Waals surface area (Å²) in [4.78, 5) is 37.5. The summed E-state index contributed by atoms with van der Waals surface area (Å²) in [6.45, 7) is 3.40. The molecule has 154 valence electrons. The van der Waals surface area contributed by atoms with Crippen molar-refractivity contribution in [3.8, 4) is 5.69 Å². The number of carbonyl (C=O) groups excluding carboxylic acids is 2. The van der Waals surface area contributed by atoms with Crippen LogP contribution < -0.4 is 10.9 Å². The lowest BCUT2D eigenvalue weighted by atomic mass is 10.2. The Morgan fingerprint density at radius 2 is 1.83 bits per heavy atom. The van der Waals surface area contributed by atoms with E-state index in [0.29, 0.717) is 11.8 Å². The Morgan fingerprint density at radius 3 is 2.50 bits per heavy atom. The van der Waals surface area contributed by atoms with Crippen molar-refractivity contribution in [2.24, 2.45) is 0 Å². The number of para-hydroxylation sites is 1. The summed E-state index contributed by atoms with van der Waals surface area (Å²) in [5, 5.41) is 6.42. The van der Waals surface area contributed by atoms with E-state index >= 15 is 0 Å². The zero-order valence-electron chi connectivity index (χ0n) is 16.1. The van der Waals surface area contributed by atoms with Crippen LogP contribution in [-0.2, 0) is 4.74 Å². The standard InChI is InChI=1S/C21H17F2N3O4/c1-3-30-21(29)19-16(24-20(28)13-8-9-14(22)15(23)10-13)11-18(27)26(25-19)17-7-5-4-6-12(17)2/h4-11H,3H2,1-2H3,(H,24,28). The molecule has 0 unspecified atom stereocenters. The minimum Gasteiger partial charge on any atom is -0.461 e. The Morgan fingerprint density at radius 1 is 1.10 bits per heavy atom. The van der Waals surface area contributed by atoms with Gasteiger partial charge in [-0.05, 0) is 43.7 Å². The van der Waals surface area contributed by atoms with Crippen LogP contribution in [0.25, 0.3) is 5.69 Å². The quantitative estimate of drug-likeness (QED) is 0.649. The van der Waals surface area contributed by atoms with Crippen molar-refractivity contribution in [1.82, 2.24) is 9.78 Å². The first-order valence-electron chi connectivity index (χ1n) is 8.95. The van der Waals surface area contributed by atoms with Crippen molar-refractivity contribution >= 4 is 17.6 Å². The molecule has 0 bridgehead atoms. The lowest BCUT2D eigenvalue weighted by molar-refractivity contribution is 0.0518. The molecule has 7 nitrogen and oxygen atoms in total. The summed E-state index contributed by atoms with van der Waals surface area (Å²) in [6.07, 6.45) is 0. The summed E-state index contributed by atoms with van der Waals surface area (Å²) in [5.41, 5.74) is -0.148. The third kappa shape index (κ3) is 4.24. The second kappa shape index (κ2) is 8.64. The van der Waals surface area contributed by atoms with Gasteiger partial charge < -0.3 is 10.1 Å². The highest BCUT2D eigenvalue weighted by molar-refractivity contribution is 6.07. The molecule has 0 saturated carbocycles. The van der Waals surface area contributed by atoms with E-state index in [4.69, 9.17) is 4.74 Å². The second-order valence-electron chi connectivity index (χ2n) is 6.25. The molecule has 2 aromatic carbocycles. The molecule has 1 amide bonds. The molecule has 0 radical (unpaired) electrons. The molecule has 30 heavy (non-hydrogen) atoms. The number of amides is 1. The van der Waals surface area contributed by atoms with Gasteiger partial charge >= 0.3 is 5.97 Å². The van der Waals surface area contributed by atoms with E-state index < -0.39 is 29.1 Å². The number of ether oxygens (including phenoxy) is 1. The average Bonchev–Trinajstić information content (AvgIpc) is 2.71. The molecule has 3 rings (SSSR count). The van der Waals surface area contributed by atoms with Gasteiger partial charge in [0.2, 0.25) is 0 Å². The van der Waals surface area contributed by atoms with Gasteiger partial charge in [0, 0.05) is 11.6 Å². The number of nitrogens with zero attached hydrogens (tertiary/aromatic N) is 2. The van der Waals surface area contributed by atoms with Gasteiger partial charge in [0.25, 0.3) is 11.5 Å². The van der Waals surface area contributed by atoms with Gasteiger partial charge in [0.05, 0.1) is 18.0 Å². The molecule has 0 aliphatic rings. The van der Waals surface area contributed by atoms with Gasteiger partial charge in [0.15, 0.2) is 17.3 Å². The zero-order valence-corrected chi connectivity index (χ0v) is 16.1. The van der Waals surface area contributed by atoms with Crippen LogP contribution in [0, 0.1) is 18.6 Å². The fourth-order valence-electron chi connectivity index (χ4n) is 2.71. The van der Waals surface area contributed by atoms with Crippen LogP contribution in [0.15, 0.2) is 53.3 Å². The van der Waals surface area contributed by atoms with Crippen molar-refractivity contribution in [2.75, 3.05) is 11.9 Å². The van der Waals surface area contributed by atoms with Crippen LogP contribution in [0.4, 0.5) is 14.5 Å². The molecule has 1 aromatic heterocycles. The normalized spacial score (nSPS) is 10.5. The van der Waals surface area contributed by atoms with E-state index in [-0.39, 0.29) is 23.6 Å². The molecule has 1 heterocycles. The molecule has 0 spiro atoms. The number of aryl methyl sites for hydroxylation is 1. The van der Waals surface area contributed by atoms with E-state index in [0.717, 1.165) is 28.4 Å². The first-order chi connectivity index (χ1) is 14.3. The van der Waals surface area contributed by atoms with Crippen molar-refractivity contribution in [2.45, 2.75) is 13.8 Å². The second-order valence-corrected chi connectivity index (χ2v) is 6.25. The van der Waals surface area contributed by atoms with Crippen LogP contribution in [0.5, 0.6) is 0 Å². The maximum absolute atomic E-state index is 13.4. The predicted octanol–water partition coefficient (Wildman–Crippen LogP) is 3.25. The number of esters is 1. The van der Waals surface area contributed by atoms with E-state index in [1.807, 2.05) is 0 Å². The Bertz CT molecular complexity index is 1190. The minimum atomic E-state index is -1.21. The van der Waals surface area contributed by atoms with Gasteiger partial charge in [-0.25, -0.2) is 13.6 Å². The molecular formula is C21H17F2N3O4. The lowest BCUT2D eigenvalue weighted by Gasteiger charge is -2.13. The topological polar surface area (TPSA) is 90.3 Å². The highest BCUT2D eigenvalue weighted by atomic mass is 19.2. The number of benzene rings is 2. The number of hydrogen-bond acceptors (Lipinski definition) is 5. The van der Waals surface area contributed by atoms with E-state index in [1.54, 1.807) is 38.1 Å². The third-order valence-electron chi connectivity index (χ3n) is 4.17. The van der Waals surface area contributed by atoms with Crippen LogP contribution in [-0.4, -0.2) is 28.3 Å². The lowest BCUT2D eigenvalue weighted by Crippen LogP contribution is -2.27. The molecule has 0 atom stereocenters. The highest BCUT2D eigenvalue weighted by Crippen LogP contribution is 2.17. The SMILES string of the molecule is CCOC(=O)c1nn(-c2ccccc2C)c(=O)cc1NC(=O)c1ccc(F)c(F)c1. The fourth-order valence-corrected chi connectivity index (χ4v) is 2.71. The summed E-state index contributed by atoms with van der Waals surface area (Å²) in [7, 11) is 0. The summed E-state index contributed by atoms with van der Waals surface area (Å²) >= 11 is 0. The Kier molecular flexibility index (Phi) is 6.01. The number of nitrogens with one attached hydrogen (secondary N) is 1. The van der Waals surface area contributed by atoms with Crippen LogP contribution in [0.1, 0.15) is 33.3 Å². The van der Waals surface area contributed by atoms with Crippen LogP contribution >= 0.6 is 0 Å². The Balaban J connectivity index is 2.07. The van der Waals surface area contributed by atoms with E-state index in [2.05, 4.69) is 10.4 Å². The van der Waals surface area contributed by atoms with Crippen molar-refractivity contribution in [1.29, 1.82) is 0 Å². The zero-order chi connectivity index (χ0) is 21.8. The van der Waals surface area contributed by atoms with Crippen molar-refractivity contribution < 1.29 is 23.1 Å². The Hall–Kier alpha value is -3.88. The smallest absolute Gasteiger partial charge is 0.360 e. The first-order valence-corrected chi connectivity index (χ1v) is 8.95. The summed E-state index contributed by atoms with van der Waals surface area (Å²) in [6, 6.07) is 10.5. The maximum atomic E-state index is 13.4. The summed E-state index contributed by atoms with van der Waals surface area (Å²) in [5.74, 6) is -4.03. The molecule has 9 heteroatoms. The number of hydrogen-bond donors (Lipinski definition) is 1. The number of anilines is 1. The van der Waals surface area contributed by atoms with E-state index in [1.165, 1.54) is 0 Å². The number of halogens is 2. The minimum absolute atomic E-state index is 0.0422. The number of carbonyl (C=O) groups is 2. The van der Waals surface area contributed by atoms with Crippen LogP contribution in [0.2, 0.25) is 0 Å². The van der Waals surface area contributed by atoms with Gasteiger partial charge in [-0.2, -0.15) is 9.78 Å². The first kappa shape index (κ1) is 20.8. The highest BCUT2D eigenvalue weighted by Gasteiger charge is 2.21. The van der Waals surface area contributed by atoms with E-state index in [9.17, 15) is 23.2 Å². The molecule has 0 fully saturated rings. The molecule has 0 saturated heterocycles. The van der Waals surface area contributed by atoms with Gasteiger partial charge in [-0.3, -0.25) is 9.59 Å². The Labute approximate surface area is 169 Å². The van der Waals surface area contributed by atoms with Crippen molar-refractivity contribution in [3.63, 3.8) is 0 Å². The average molecular weight is 413 g/mol. The molecular weight excluding hydrogens is 396 g/mol. The van der Waals surface area contributed by atoms with Gasteiger partial charge in [0.1, 0.15) is 0 Å². The molecule has 0 aliphatic heterocycles. The van der Waals surface area contributed by atoms with Crippen LogP contribution in [0.3, 0.4) is 0 Å². The van der Waals surface area contributed by atoms with Gasteiger partial charge in [-0.15, -0.1) is 0 Å². The fraction of sp³-hybridized carbons (Fsp3) is 0.143. The largest absolute Gasteiger partial charge is 0.461 e. The maximum Gasteiger partial charge on any atom is 0.360 e. The molecule has 1 N–H and O–H groups in total. The monoisotopic (exact) mass is 413 g/mol. The molecule has 3 aromatic rings. The number of aromatic nitrogens is 2. The van der Waals surface area contributed by atoms with Crippen molar-refractivity contribution in [3.05, 3.63) is 87.3 Å².